The number of carbonyl (C=O) groups is 3. The summed E-state index contributed by atoms with van der Waals surface area (Å²) < 4.78 is 9.93. The lowest BCUT2D eigenvalue weighted by Crippen LogP contribution is -2.38. The van der Waals surface area contributed by atoms with E-state index in [-0.39, 0.29) is 6.54 Å². The van der Waals surface area contributed by atoms with E-state index in [1.165, 1.54) is 38.5 Å². The minimum atomic E-state index is -0.838. The van der Waals surface area contributed by atoms with E-state index in [1.54, 1.807) is 24.3 Å². The predicted molar refractivity (Wildman–Crippen MR) is 101 cm³/mol. The van der Waals surface area contributed by atoms with E-state index in [1.807, 2.05) is 0 Å². The second-order valence-corrected chi connectivity index (χ2v) is 5.89. The van der Waals surface area contributed by atoms with Crippen molar-refractivity contribution in [2.45, 2.75) is 6.10 Å². The van der Waals surface area contributed by atoms with Crippen LogP contribution in [-0.4, -0.2) is 38.5 Å². The van der Waals surface area contributed by atoms with Crippen molar-refractivity contribution in [1.82, 2.24) is 5.32 Å². The molecule has 0 aliphatic rings. The molecule has 0 bridgehead atoms. The van der Waals surface area contributed by atoms with Crippen LogP contribution in [0, 0.1) is 0 Å². The fourth-order valence-corrected chi connectivity index (χ4v) is 2.57. The topological polar surface area (TPSA) is 93.7 Å². The number of nitrogens with one attached hydrogen (secondary N) is 2. The van der Waals surface area contributed by atoms with E-state index in [4.69, 9.17) is 16.3 Å². The molecule has 0 saturated carbocycles. The summed E-state index contributed by atoms with van der Waals surface area (Å²) >= 11 is 6.12. The highest BCUT2D eigenvalue weighted by Crippen LogP contribution is 2.24. The molecule has 27 heavy (non-hydrogen) atoms. The maximum absolute atomic E-state index is 12.0. The number of halogens is 1. The van der Waals surface area contributed by atoms with E-state index in [9.17, 15) is 14.4 Å². The van der Waals surface area contributed by atoms with Crippen LogP contribution in [0.5, 0.6) is 0 Å². The number of methoxy groups -OCH3 is 2. The van der Waals surface area contributed by atoms with Gasteiger partial charge < -0.3 is 20.1 Å². The second kappa shape index (κ2) is 9.70. The molecule has 2 amide bonds. The lowest BCUT2D eigenvalue weighted by atomic mass is 10.1. The molecule has 0 radical (unpaired) electrons. The van der Waals surface area contributed by atoms with Gasteiger partial charge in [-0.2, -0.15) is 0 Å². The van der Waals surface area contributed by atoms with Crippen molar-refractivity contribution in [3.05, 3.63) is 64.7 Å². The van der Waals surface area contributed by atoms with Crippen LogP contribution in [0.2, 0.25) is 5.02 Å². The first-order valence-electron chi connectivity index (χ1n) is 8.01. The first-order chi connectivity index (χ1) is 13.0. The van der Waals surface area contributed by atoms with Crippen molar-refractivity contribution < 1.29 is 23.9 Å². The Morgan fingerprint density at radius 1 is 1.00 bits per heavy atom. The number of amides is 2. The van der Waals surface area contributed by atoms with Crippen LogP contribution < -0.4 is 10.6 Å². The van der Waals surface area contributed by atoms with Gasteiger partial charge in [0.1, 0.15) is 6.10 Å². The molecule has 0 heterocycles. The fourth-order valence-electron chi connectivity index (χ4n) is 2.32. The van der Waals surface area contributed by atoms with Gasteiger partial charge in [-0.1, -0.05) is 29.8 Å². The SMILES string of the molecule is COC(=O)c1ccc(NC(=O)C(=O)NCC(OC)c2ccccc2Cl)cc1. The molecule has 2 aromatic carbocycles. The van der Waals surface area contributed by atoms with Crippen LogP contribution in [0.4, 0.5) is 5.69 Å². The van der Waals surface area contributed by atoms with Crippen LogP contribution >= 0.6 is 11.6 Å². The van der Waals surface area contributed by atoms with Crippen molar-refractivity contribution in [2.24, 2.45) is 0 Å². The predicted octanol–water partition coefficient (Wildman–Crippen LogP) is 2.57. The number of rotatable bonds is 6. The second-order valence-electron chi connectivity index (χ2n) is 5.48. The molecule has 8 heteroatoms. The highest BCUT2D eigenvalue weighted by atomic mass is 35.5. The molecule has 0 aliphatic carbocycles. The third-order valence-electron chi connectivity index (χ3n) is 3.75. The monoisotopic (exact) mass is 390 g/mol. The van der Waals surface area contributed by atoms with E-state index in [2.05, 4.69) is 15.4 Å². The molecular weight excluding hydrogens is 372 g/mol. The van der Waals surface area contributed by atoms with Crippen LogP contribution in [-0.2, 0) is 19.1 Å². The number of ether oxygens (including phenoxy) is 2. The zero-order chi connectivity index (χ0) is 19.8. The normalized spacial score (nSPS) is 11.4. The maximum atomic E-state index is 12.0. The van der Waals surface area contributed by atoms with Crippen LogP contribution in [0.15, 0.2) is 48.5 Å². The third-order valence-corrected chi connectivity index (χ3v) is 4.10. The van der Waals surface area contributed by atoms with Gasteiger partial charge in [-0.3, -0.25) is 9.59 Å². The van der Waals surface area contributed by atoms with Gasteiger partial charge in [0.25, 0.3) is 0 Å². The molecule has 0 spiro atoms. The van der Waals surface area contributed by atoms with Gasteiger partial charge in [-0.05, 0) is 30.3 Å². The minimum absolute atomic E-state index is 0.0771. The zero-order valence-electron chi connectivity index (χ0n) is 14.8. The molecule has 0 aromatic heterocycles. The number of esters is 1. The molecule has 0 fully saturated rings. The summed E-state index contributed by atoms with van der Waals surface area (Å²) in [5.74, 6) is -2.15. The number of benzene rings is 2. The minimum Gasteiger partial charge on any atom is -0.465 e. The summed E-state index contributed by atoms with van der Waals surface area (Å²) in [6.45, 7) is 0.0771. The molecule has 7 nitrogen and oxygen atoms in total. The number of hydrogen-bond acceptors (Lipinski definition) is 5. The number of hydrogen-bond donors (Lipinski definition) is 2. The summed E-state index contributed by atoms with van der Waals surface area (Å²) in [7, 11) is 2.77. The van der Waals surface area contributed by atoms with E-state index < -0.39 is 23.9 Å². The van der Waals surface area contributed by atoms with Gasteiger partial charge in [0, 0.05) is 29.9 Å². The van der Waals surface area contributed by atoms with Gasteiger partial charge in [-0.25, -0.2) is 4.79 Å². The van der Waals surface area contributed by atoms with Crippen LogP contribution in [0.25, 0.3) is 0 Å². The van der Waals surface area contributed by atoms with Gasteiger partial charge in [-0.15, -0.1) is 0 Å². The molecule has 1 unspecified atom stereocenters. The summed E-state index contributed by atoms with van der Waals surface area (Å²) in [6, 6.07) is 13.1. The fraction of sp³-hybridized carbons (Fsp3) is 0.211. The van der Waals surface area contributed by atoms with Crippen molar-refractivity contribution in [3.8, 4) is 0 Å². The van der Waals surface area contributed by atoms with Crippen molar-refractivity contribution in [2.75, 3.05) is 26.1 Å². The van der Waals surface area contributed by atoms with Gasteiger partial charge in [0.05, 0.1) is 12.7 Å². The Morgan fingerprint density at radius 3 is 2.26 bits per heavy atom. The zero-order valence-corrected chi connectivity index (χ0v) is 15.6. The third kappa shape index (κ3) is 5.54. The maximum Gasteiger partial charge on any atom is 0.337 e. The Kier molecular flexibility index (Phi) is 7.34. The lowest BCUT2D eigenvalue weighted by molar-refractivity contribution is -0.136. The Bertz CT molecular complexity index is 823. The molecular formula is C19H19ClN2O5. The first-order valence-corrected chi connectivity index (χ1v) is 8.38. The summed E-state index contributed by atoms with van der Waals surface area (Å²) in [6.07, 6.45) is -0.491. The van der Waals surface area contributed by atoms with Gasteiger partial charge >= 0.3 is 17.8 Å². The van der Waals surface area contributed by atoms with Gasteiger partial charge in [0.15, 0.2) is 0 Å². The van der Waals surface area contributed by atoms with Crippen molar-refractivity contribution in [1.29, 1.82) is 0 Å². The van der Waals surface area contributed by atoms with E-state index in [0.29, 0.717) is 21.8 Å². The molecule has 2 aromatic rings. The molecule has 2 rings (SSSR count). The van der Waals surface area contributed by atoms with E-state index >= 15 is 0 Å². The molecule has 0 saturated heterocycles. The van der Waals surface area contributed by atoms with Crippen LogP contribution in [0.1, 0.15) is 22.0 Å². The number of carbonyl (C=O) groups excluding carboxylic acids is 3. The standard InChI is InChI=1S/C19H19ClN2O5/c1-26-16(14-5-3-4-6-15(14)20)11-21-17(23)18(24)22-13-9-7-12(8-10-13)19(25)27-2/h3-10,16H,11H2,1-2H3,(H,21,23)(H,22,24). The average molecular weight is 391 g/mol. The smallest absolute Gasteiger partial charge is 0.337 e. The Balaban J connectivity index is 1.92. The summed E-state index contributed by atoms with van der Waals surface area (Å²) in [4.78, 5) is 35.4. The van der Waals surface area contributed by atoms with Gasteiger partial charge in [0.2, 0.25) is 0 Å². The van der Waals surface area contributed by atoms with Crippen molar-refractivity contribution in [3.63, 3.8) is 0 Å². The Hall–Kier alpha value is -2.90. The summed E-state index contributed by atoms with van der Waals surface area (Å²) in [5, 5.41) is 5.47. The highest BCUT2D eigenvalue weighted by Gasteiger charge is 2.18. The molecule has 0 aliphatic heterocycles. The van der Waals surface area contributed by atoms with Crippen molar-refractivity contribution >= 4 is 35.1 Å². The lowest BCUT2D eigenvalue weighted by Gasteiger charge is -2.17. The Labute approximate surface area is 161 Å². The molecule has 2 N–H and O–H groups in total. The average Bonchev–Trinajstić information content (AvgIpc) is 2.69. The van der Waals surface area contributed by atoms with Crippen LogP contribution in [0.3, 0.4) is 0 Å². The first kappa shape index (κ1) is 20.4. The molecule has 1 atom stereocenters. The Morgan fingerprint density at radius 2 is 1.67 bits per heavy atom. The quantitative estimate of drug-likeness (QED) is 0.584. The number of anilines is 1. The largest absolute Gasteiger partial charge is 0.465 e. The summed E-state index contributed by atoms with van der Waals surface area (Å²) in [5.41, 5.74) is 1.42. The highest BCUT2D eigenvalue weighted by molar-refractivity contribution is 6.39. The van der Waals surface area contributed by atoms with E-state index in [0.717, 1.165) is 0 Å². The molecule has 142 valence electrons.